The summed E-state index contributed by atoms with van der Waals surface area (Å²) in [7, 11) is 0. The Balaban J connectivity index is 1.62. The summed E-state index contributed by atoms with van der Waals surface area (Å²) < 4.78 is 45.7. The number of esters is 1. The van der Waals surface area contributed by atoms with Crippen molar-refractivity contribution < 1.29 is 22.7 Å². The van der Waals surface area contributed by atoms with Crippen molar-refractivity contribution in [1.29, 1.82) is 0 Å². The van der Waals surface area contributed by atoms with Gasteiger partial charge in [0.1, 0.15) is 5.01 Å². The van der Waals surface area contributed by atoms with Gasteiger partial charge >= 0.3 is 12.1 Å². The van der Waals surface area contributed by atoms with E-state index < -0.39 is 17.7 Å². The molecule has 1 aliphatic carbocycles. The number of alkyl halides is 3. The van der Waals surface area contributed by atoms with Crippen LogP contribution in [0.5, 0.6) is 0 Å². The molecule has 5 nitrogen and oxygen atoms in total. The number of thiazole rings is 1. The summed E-state index contributed by atoms with van der Waals surface area (Å²) >= 11 is 1.43. The highest BCUT2D eigenvalue weighted by molar-refractivity contribution is 7.15. The standard InChI is InChI=1S/C20H18F3N3O2S/c1-2-28-19(27)14-9-24-26(10-14)11-16-17(12-6-7-12)29-18(25-16)13-4-3-5-15(8-13)20(21,22)23/h3-5,8-10,12H,2,6-7,11H2,1H3. The van der Waals surface area contributed by atoms with Crippen molar-refractivity contribution in [3.63, 3.8) is 0 Å². The fourth-order valence-corrected chi connectivity index (χ4v) is 4.26. The second-order valence-corrected chi connectivity index (χ2v) is 7.86. The molecule has 0 amide bonds. The Morgan fingerprint density at radius 2 is 2.14 bits per heavy atom. The molecule has 0 N–H and O–H groups in total. The first-order valence-corrected chi connectivity index (χ1v) is 10.0. The van der Waals surface area contributed by atoms with Crippen LogP contribution in [0.15, 0.2) is 36.7 Å². The summed E-state index contributed by atoms with van der Waals surface area (Å²) in [4.78, 5) is 17.5. The first-order valence-electron chi connectivity index (χ1n) is 9.22. The van der Waals surface area contributed by atoms with Crippen molar-refractivity contribution in [1.82, 2.24) is 14.8 Å². The molecular weight excluding hydrogens is 403 g/mol. The first-order chi connectivity index (χ1) is 13.8. The van der Waals surface area contributed by atoms with Crippen LogP contribution in [-0.2, 0) is 17.5 Å². The summed E-state index contributed by atoms with van der Waals surface area (Å²) in [6.45, 7) is 2.36. The molecule has 152 valence electrons. The molecular formula is C20H18F3N3O2S. The van der Waals surface area contributed by atoms with E-state index in [0.717, 1.165) is 35.5 Å². The lowest BCUT2D eigenvalue weighted by atomic mass is 10.1. The highest BCUT2D eigenvalue weighted by Gasteiger charge is 2.32. The molecule has 1 aromatic carbocycles. The number of rotatable bonds is 6. The van der Waals surface area contributed by atoms with Crippen LogP contribution in [0.25, 0.3) is 10.6 Å². The van der Waals surface area contributed by atoms with Gasteiger partial charge < -0.3 is 4.74 Å². The maximum atomic E-state index is 13.0. The van der Waals surface area contributed by atoms with E-state index in [-0.39, 0.29) is 6.61 Å². The third kappa shape index (κ3) is 4.34. The lowest BCUT2D eigenvalue weighted by Crippen LogP contribution is -2.05. The molecule has 0 saturated heterocycles. The summed E-state index contributed by atoms with van der Waals surface area (Å²) in [6.07, 6.45) is 0.732. The summed E-state index contributed by atoms with van der Waals surface area (Å²) in [5.41, 5.74) is 0.896. The van der Waals surface area contributed by atoms with Crippen LogP contribution in [0, 0.1) is 0 Å². The molecule has 0 aliphatic heterocycles. The number of ether oxygens (including phenoxy) is 1. The van der Waals surface area contributed by atoms with Crippen molar-refractivity contribution in [2.45, 2.75) is 38.4 Å². The van der Waals surface area contributed by atoms with Crippen molar-refractivity contribution in [2.75, 3.05) is 6.61 Å². The van der Waals surface area contributed by atoms with Gasteiger partial charge in [-0.15, -0.1) is 11.3 Å². The largest absolute Gasteiger partial charge is 0.462 e. The summed E-state index contributed by atoms with van der Waals surface area (Å²) in [5, 5.41) is 4.76. The number of nitrogens with zero attached hydrogens (tertiary/aromatic N) is 3. The Morgan fingerprint density at radius 3 is 2.83 bits per heavy atom. The lowest BCUT2D eigenvalue weighted by molar-refractivity contribution is -0.137. The van der Waals surface area contributed by atoms with Gasteiger partial charge in [-0.05, 0) is 37.8 Å². The van der Waals surface area contributed by atoms with E-state index >= 15 is 0 Å². The fourth-order valence-electron chi connectivity index (χ4n) is 3.02. The molecule has 29 heavy (non-hydrogen) atoms. The van der Waals surface area contributed by atoms with Gasteiger partial charge in [0.15, 0.2) is 0 Å². The summed E-state index contributed by atoms with van der Waals surface area (Å²) in [5.74, 6) is -0.0498. The predicted octanol–water partition coefficient (Wildman–Crippen LogP) is 5.13. The maximum absolute atomic E-state index is 13.0. The zero-order valence-electron chi connectivity index (χ0n) is 15.6. The lowest BCUT2D eigenvalue weighted by Gasteiger charge is -2.07. The van der Waals surface area contributed by atoms with Crippen LogP contribution in [0.3, 0.4) is 0 Å². The zero-order valence-corrected chi connectivity index (χ0v) is 16.4. The molecule has 0 spiro atoms. The Hall–Kier alpha value is -2.68. The van der Waals surface area contributed by atoms with Gasteiger partial charge in [-0.2, -0.15) is 18.3 Å². The van der Waals surface area contributed by atoms with E-state index in [2.05, 4.69) is 10.1 Å². The maximum Gasteiger partial charge on any atom is 0.416 e. The van der Waals surface area contributed by atoms with Crippen LogP contribution >= 0.6 is 11.3 Å². The number of carbonyl (C=O) groups is 1. The van der Waals surface area contributed by atoms with Crippen LogP contribution in [0.2, 0.25) is 0 Å². The van der Waals surface area contributed by atoms with E-state index in [9.17, 15) is 18.0 Å². The van der Waals surface area contributed by atoms with Gasteiger partial charge in [0, 0.05) is 16.6 Å². The number of benzene rings is 1. The number of carbonyl (C=O) groups excluding carboxylic acids is 1. The molecule has 0 radical (unpaired) electrons. The molecule has 1 saturated carbocycles. The third-order valence-corrected chi connectivity index (χ3v) is 5.88. The average molecular weight is 421 g/mol. The number of aromatic nitrogens is 3. The van der Waals surface area contributed by atoms with Crippen molar-refractivity contribution >= 4 is 17.3 Å². The van der Waals surface area contributed by atoms with Crippen LogP contribution in [0.1, 0.15) is 52.2 Å². The van der Waals surface area contributed by atoms with Gasteiger partial charge in [-0.3, -0.25) is 4.68 Å². The SMILES string of the molecule is CCOC(=O)c1cnn(Cc2nc(-c3cccc(C(F)(F)F)c3)sc2C2CC2)c1. The minimum Gasteiger partial charge on any atom is -0.462 e. The Labute approximate surface area is 169 Å². The van der Waals surface area contributed by atoms with Crippen LogP contribution in [-0.4, -0.2) is 27.3 Å². The van der Waals surface area contributed by atoms with Crippen molar-refractivity contribution in [3.8, 4) is 10.6 Å². The van der Waals surface area contributed by atoms with E-state index in [4.69, 9.17) is 4.74 Å². The molecule has 2 aromatic heterocycles. The van der Waals surface area contributed by atoms with E-state index in [1.165, 1.54) is 23.6 Å². The normalized spacial score (nSPS) is 14.2. The second-order valence-electron chi connectivity index (χ2n) is 6.83. The third-order valence-electron chi connectivity index (χ3n) is 4.57. The molecule has 0 bridgehead atoms. The topological polar surface area (TPSA) is 57.0 Å². The van der Waals surface area contributed by atoms with Crippen LogP contribution < -0.4 is 0 Å². The van der Waals surface area contributed by atoms with E-state index in [1.807, 2.05) is 0 Å². The Morgan fingerprint density at radius 1 is 1.34 bits per heavy atom. The van der Waals surface area contributed by atoms with E-state index in [0.29, 0.717) is 28.6 Å². The molecule has 9 heteroatoms. The number of hydrogen-bond donors (Lipinski definition) is 0. The fraction of sp³-hybridized carbons (Fsp3) is 0.350. The van der Waals surface area contributed by atoms with Gasteiger partial charge in [-0.25, -0.2) is 9.78 Å². The number of hydrogen-bond acceptors (Lipinski definition) is 5. The van der Waals surface area contributed by atoms with Crippen LogP contribution in [0.4, 0.5) is 13.2 Å². The Bertz CT molecular complexity index is 1040. The highest BCUT2D eigenvalue weighted by atomic mass is 32.1. The zero-order chi connectivity index (χ0) is 20.6. The van der Waals surface area contributed by atoms with Gasteiger partial charge in [-0.1, -0.05) is 12.1 Å². The average Bonchev–Trinajstić information content (AvgIpc) is 3.27. The molecule has 2 heterocycles. The molecule has 4 rings (SSSR count). The monoisotopic (exact) mass is 421 g/mol. The summed E-state index contributed by atoms with van der Waals surface area (Å²) in [6, 6.07) is 5.23. The highest BCUT2D eigenvalue weighted by Crippen LogP contribution is 2.46. The minimum atomic E-state index is -4.39. The quantitative estimate of drug-likeness (QED) is 0.518. The minimum absolute atomic E-state index is 0.280. The van der Waals surface area contributed by atoms with Crippen molar-refractivity contribution in [2.24, 2.45) is 0 Å². The van der Waals surface area contributed by atoms with Gasteiger partial charge in [0.25, 0.3) is 0 Å². The Kier molecular flexibility index (Phi) is 5.16. The molecule has 0 atom stereocenters. The van der Waals surface area contributed by atoms with Gasteiger partial charge in [0.05, 0.1) is 36.2 Å². The smallest absolute Gasteiger partial charge is 0.416 e. The van der Waals surface area contributed by atoms with E-state index in [1.54, 1.807) is 23.9 Å². The molecule has 0 unspecified atom stereocenters. The molecule has 3 aromatic rings. The molecule has 1 aliphatic rings. The molecule has 1 fully saturated rings. The van der Waals surface area contributed by atoms with Crippen molar-refractivity contribution in [3.05, 3.63) is 58.4 Å². The number of halogens is 3. The first kappa shape index (κ1) is 19.6. The predicted molar refractivity (Wildman–Crippen MR) is 102 cm³/mol. The second kappa shape index (κ2) is 7.62. The van der Waals surface area contributed by atoms with Gasteiger partial charge in [0.2, 0.25) is 0 Å².